The molecule has 5 rings (SSSR count). The van der Waals surface area contributed by atoms with Crippen molar-refractivity contribution in [1.29, 1.82) is 0 Å². The molecule has 0 amide bonds. The summed E-state index contributed by atoms with van der Waals surface area (Å²) in [7, 11) is 0. The molecule has 1 atom stereocenters. The number of rotatable bonds is 5. The SMILES string of the molecule is Cc1cc(C(C)Nc2cc3c(cc2C(=O)O)OCO3)c2oc(N3CCC(C)(C)CC3)cc(=O)c2c1. The van der Waals surface area contributed by atoms with Crippen molar-refractivity contribution in [3.63, 3.8) is 0 Å². The number of hydrogen-bond donors (Lipinski definition) is 2. The first-order chi connectivity index (χ1) is 16.6. The normalized spacial score (nSPS) is 17.4. The van der Waals surface area contributed by atoms with Crippen molar-refractivity contribution in [3.8, 4) is 11.5 Å². The molecule has 2 N–H and O–H groups in total. The zero-order valence-electron chi connectivity index (χ0n) is 20.4. The third kappa shape index (κ3) is 4.40. The molecule has 3 heterocycles. The molecule has 0 saturated carbocycles. The van der Waals surface area contributed by atoms with Gasteiger partial charge in [-0.15, -0.1) is 0 Å². The fourth-order valence-electron chi connectivity index (χ4n) is 4.78. The fraction of sp³-hybridized carbons (Fsp3) is 0.407. The highest BCUT2D eigenvalue weighted by Gasteiger charge is 2.28. The maximum absolute atomic E-state index is 13.1. The number of nitrogens with one attached hydrogen (secondary N) is 1. The lowest BCUT2D eigenvalue weighted by molar-refractivity contribution is 0.0697. The van der Waals surface area contributed by atoms with Crippen LogP contribution in [0.4, 0.5) is 11.6 Å². The van der Waals surface area contributed by atoms with Gasteiger partial charge in [0.15, 0.2) is 22.8 Å². The van der Waals surface area contributed by atoms with Crippen molar-refractivity contribution in [1.82, 2.24) is 0 Å². The summed E-state index contributed by atoms with van der Waals surface area (Å²) in [6, 6.07) is 8.14. The van der Waals surface area contributed by atoms with Crippen molar-refractivity contribution in [2.75, 3.05) is 30.1 Å². The van der Waals surface area contributed by atoms with Gasteiger partial charge in [-0.3, -0.25) is 4.79 Å². The second kappa shape index (κ2) is 8.52. The van der Waals surface area contributed by atoms with E-state index < -0.39 is 5.97 Å². The van der Waals surface area contributed by atoms with Gasteiger partial charge in [0.05, 0.1) is 22.7 Å². The quantitative estimate of drug-likeness (QED) is 0.508. The van der Waals surface area contributed by atoms with Crippen LogP contribution in [-0.2, 0) is 0 Å². The summed E-state index contributed by atoms with van der Waals surface area (Å²) >= 11 is 0. The Kier molecular flexibility index (Phi) is 5.62. The summed E-state index contributed by atoms with van der Waals surface area (Å²) in [5.74, 6) is 0.390. The van der Waals surface area contributed by atoms with Crippen LogP contribution in [0, 0.1) is 12.3 Å². The van der Waals surface area contributed by atoms with Gasteiger partial charge in [-0.1, -0.05) is 19.9 Å². The minimum atomic E-state index is -1.08. The van der Waals surface area contributed by atoms with E-state index in [1.54, 1.807) is 12.1 Å². The fourth-order valence-corrected chi connectivity index (χ4v) is 4.78. The lowest BCUT2D eigenvalue weighted by atomic mass is 9.83. The van der Waals surface area contributed by atoms with Crippen LogP contribution >= 0.6 is 0 Å². The van der Waals surface area contributed by atoms with E-state index in [4.69, 9.17) is 13.9 Å². The molecule has 1 saturated heterocycles. The van der Waals surface area contributed by atoms with Crippen LogP contribution in [0.25, 0.3) is 11.0 Å². The summed E-state index contributed by atoms with van der Waals surface area (Å²) in [6.07, 6.45) is 2.05. The summed E-state index contributed by atoms with van der Waals surface area (Å²) < 4.78 is 17.2. The number of carboxylic acid groups (broad SMARTS) is 1. The van der Waals surface area contributed by atoms with E-state index >= 15 is 0 Å². The maximum atomic E-state index is 13.1. The Labute approximate surface area is 203 Å². The van der Waals surface area contributed by atoms with Gasteiger partial charge in [-0.25, -0.2) is 4.79 Å². The van der Waals surface area contributed by atoms with Gasteiger partial charge < -0.3 is 29.2 Å². The number of hydrogen-bond acceptors (Lipinski definition) is 7. The predicted octanol–water partition coefficient (Wildman–Crippen LogP) is 5.33. The average molecular weight is 479 g/mol. The van der Waals surface area contributed by atoms with Gasteiger partial charge >= 0.3 is 5.97 Å². The van der Waals surface area contributed by atoms with E-state index in [1.165, 1.54) is 6.07 Å². The van der Waals surface area contributed by atoms with Crippen LogP contribution < -0.4 is 25.1 Å². The summed E-state index contributed by atoms with van der Waals surface area (Å²) in [5, 5.41) is 13.6. The molecule has 0 radical (unpaired) electrons. The Balaban J connectivity index is 1.54. The molecular weight excluding hydrogens is 448 g/mol. The minimum Gasteiger partial charge on any atom is -0.478 e. The van der Waals surface area contributed by atoms with E-state index in [-0.39, 0.29) is 29.2 Å². The zero-order valence-corrected chi connectivity index (χ0v) is 20.4. The van der Waals surface area contributed by atoms with Gasteiger partial charge in [-0.05, 0) is 43.7 Å². The van der Waals surface area contributed by atoms with E-state index in [0.29, 0.717) is 34.0 Å². The summed E-state index contributed by atoms with van der Waals surface area (Å²) in [4.78, 5) is 27.2. The number of nitrogens with zero attached hydrogens (tertiary/aromatic N) is 1. The standard InChI is InChI=1S/C27H30N2O6/c1-15-9-17(16(2)28-20-12-23-22(33-14-34-23)11-18(20)26(31)32)25-19(10-15)21(30)13-24(35-25)29-7-5-27(3,4)6-8-29/h9-13,16,28H,5-8,14H2,1-4H3,(H,31,32). The molecule has 2 aliphatic heterocycles. The lowest BCUT2D eigenvalue weighted by Gasteiger charge is -2.37. The van der Waals surface area contributed by atoms with Crippen molar-refractivity contribution < 1.29 is 23.8 Å². The highest BCUT2D eigenvalue weighted by Crippen LogP contribution is 2.39. The van der Waals surface area contributed by atoms with E-state index in [0.717, 1.165) is 37.1 Å². The third-order valence-electron chi connectivity index (χ3n) is 7.00. The van der Waals surface area contributed by atoms with E-state index in [9.17, 15) is 14.7 Å². The Hall–Kier alpha value is -3.68. The first-order valence-corrected chi connectivity index (χ1v) is 11.9. The topological polar surface area (TPSA) is 101 Å². The molecule has 1 aromatic heterocycles. The average Bonchev–Trinajstić information content (AvgIpc) is 3.25. The molecule has 35 heavy (non-hydrogen) atoms. The molecule has 0 aliphatic carbocycles. The van der Waals surface area contributed by atoms with Crippen LogP contribution in [0.2, 0.25) is 0 Å². The van der Waals surface area contributed by atoms with Crippen LogP contribution in [0.15, 0.2) is 39.5 Å². The highest BCUT2D eigenvalue weighted by atomic mass is 16.7. The number of carboxylic acids is 1. The number of anilines is 2. The smallest absolute Gasteiger partial charge is 0.337 e. The molecule has 0 bridgehead atoms. The summed E-state index contributed by atoms with van der Waals surface area (Å²) in [6.45, 7) is 10.1. The minimum absolute atomic E-state index is 0.0531. The summed E-state index contributed by atoms with van der Waals surface area (Å²) in [5.41, 5.74) is 2.89. The van der Waals surface area contributed by atoms with Crippen LogP contribution in [0.1, 0.15) is 61.1 Å². The molecule has 2 aliphatic rings. The third-order valence-corrected chi connectivity index (χ3v) is 7.00. The lowest BCUT2D eigenvalue weighted by Crippen LogP contribution is -2.37. The number of benzene rings is 2. The van der Waals surface area contributed by atoms with E-state index in [2.05, 4.69) is 24.1 Å². The molecule has 0 spiro atoms. The van der Waals surface area contributed by atoms with Gasteiger partial charge in [0.2, 0.25) is 6.79 Å². The van der Waals surface area contributed by atoms with Crippen LogP contribution in [0.3, 0.4) is 0 Å². The van der Waals surface area contributed by atoms with Crippen molar-refractivity contribution in [2.24, 2.45) is 5.41 Å². The van der Waals surface area contributed by atoms with Gasteiger partial charge in [0.25, 0.3) is 0 Å². The Morgan fingerprint density at radius 2 is 1.77 bits per heavy atom. The second-order valence-electron chi connectivity index (χ2n) is 10.3. The van der Waals surface area contributed by atoms with Crippen LogP contribution in [0.5, 0.6) is 11.5 Å². The Morgan fingerprint density at radius 1 is 1.09 bits per heavy atom. The van der Waals surface area contributed by atoms with Crippen molar-refractivity contribution >= 4 is 28.5 Å². The molecule has 1 fully saturated rings. The highest BCUT2D eigenvalue weighted by molar-refractivity contribution is 5.95. The van der Waals surface area contributed by atoms with Crippen molar-refractivity contribution in [2.45, 2.75) is 46.6 Å². The van der Waals surface area contributed by atoms with Gasteiger partial charge in [0.1, 0.15) is 5.58 Å². The molecule has 8 nitrogen and oxygen atoms in total. The van der Waals surface area contributed by atoms with Gasteiger partial charge in [0, 0.05) is 36.9 Å². The van der Waals surface area contributed by atoms with Crippen LogP contribution in [-0.4, -0.2) is 31.0 Å². The Morgan fingerprint density at radius 3 is 2.46 bits per heavy atom. The first-order valence-electron chi connectivity index (χ1n) is 11.9. The second-order valence-corrected chi connectivity index (χ2v) is 10.3. The number of ether oxygens (including phenoxy) is 2. The monoisotopic (exact) mass is 478 g/mol. The zero-order chi connectivity index (χ0) is 24.9. The molecule has 2 aromatic carbocycles. The number of carbonyl (C=O) groups is 1. The molecule has 1 unspecified atom stereocenters. The first kappa shape index (κ1) is 23.1. The predicted molar refractivity (Wildman–Crippen MR) is 134 cm³/mol. The van der Waals surface area contributed by atoms with Crippen molar-refractivity contribution in [3.05, 3.63) is 57.2 Å². The number of aromatic carboxylic acids is 1. The number of piperidine rings is 1. The van der Waals surface area contributed by atoms with Gasteiger partial charge in [-0.2, -0.15) is 0 Å². The molecule has 3 aromatic rings. The van der Waals surface area contributed by atoms with E-state index in [1.807, 2.05) is 26.0 Å². The maximum Gasteiger partial charge on any atom is 0.337 e. The molecule has 184 valence electrons. The molecular formula is C27H30N2O6. The number of aryl methyl sites for hydroxylation is 1. The molecule has 8 heteroatoms. The number of fused-ring (bicyclic) bond motifs is 2. The Bertz CT molecular complexity index is 1370. The largest absolute Gasteiger partial charge is 0.478 e.